The van der Waals surface area contributed by atoms with E-state index in [0.717, 1.165) is 24.1 Å². The maximum absolute atomic E-state index is 9.88. The van der Waals surface area contributed by atoms with E-state index in [1.54, 1.807) is 11.2 Å². The Labute approximate surface area is 101 Å². The van der Waals surface area contributed by atoms with E-state index in [9.17, 15) is 5.11 Å². The summed E-state index contributed by atoms with van der Waals surface area (Å²) in [6.45, 7) is 2.01. The zero-order valence-corrected chi connectivity index (χ0v) is 9.98. The average Bonchev–Trinajstić information content (AvgIpc) is 2.75. The van der Waals surface area contributed by atoms with Crippen LogP contribution in [0, 0.1) is 6.92 Å². The highest BCUT2D eigenvalue weighted by Crippen LogP contribution is 2.31. The second-order valence-corrected chi connectivity index (χ2v) is 4.82. The molecule has 1 aromatic rings. The normalized spacial score (nSPS) is 23.5. The summed E-state index contributed by atoms with van der Waals surface area (Å²) in [5, 5.41) is 16.2. The van der Waals surface area contributed by atoms with Crippen LogP contribution >= 0.6 is 0 Å². The molecule has 1 fully saturated rings. The van der Waals surface area contributed by atoms with Gasteiger partial charge < -0.3 is 5.11 Å². The molecule has 1 aliphatic carbocycles. The molecular formula is C13H17N3O. The standard InChI is InChI=1S/C13H17N3O/c1-9-6-7-13(17)12(8-9)16-14-10-4-2-3-5-11(10)15-16/h6-8,10,14,17H,2-5H2,1H3. The molecule has 0 amide bonds. The van der Waals surface area contributed by atoms with Crippen molar-refractivity contribution in [2.75, 3.05) is 5.12 Å². The number of fused-ring (bicyclic) bond motifs is 1. The van der Waals surface area contributed by atoms with Gasteiger partial charge in [0.25, 0.3) is 0 Å². The molecule has 2 aliphatic rings. The maximum Gasteiger partial charge on any atom is 0.142 e. The van der Waals surface area contributed by atoms with Crippen molar-refractivity contribution in [3.63, 3.8) is 0 Å². The molecule has 1 saturated carbocycles. The van der Waals surface area contributed by atoms with Crippen molar-refractivity contribution in [1.82, 2.24) is 5.43 Å². The predicted octanol–water partition coefficient (Wildman–Crippen LogP) is 2.32. The molecule has 0 spiro atoms. The first-order valence-corrected chi connectivity index (χ1v) is 6.17. The van der Waals surface area contributed by atoms with Crippen LogP contribution in [0.4, 0.5) is 5.69 Å². The van der Waals surface area contributed by atoms with Crippen LogP contribution in [0.3, 0.4) is 0 Å². The average molecular weight is 231 g/mol. The number of hydrogen-bond acceptors (Lipinski definition) is 4. The van der Waals surface area contributed by atoms with E-state index in [2.05, 4.69) is 10.5 Å². The van der Waals surface area contributed by atoms with Crippen molar-refractivity contribution in [3.8, 4) is 5.75 Å². The summed E-state index contributed by atoms with van der Waals surface area (Å²) in [5.41, 5.74) is 6.43. The lowest BCUT2D eigenvalue weighted by molar-refractivity contribution is 0.468. The minimum Gasteiger partial charge on any atom is -0.506 e. The number of phenolic OH excluding ortho intramolecular Hbond substituents is 1. The van der Waals surface area contributed by atoms with Gasteiger partial charge in [0.05, 0.1) is 11.8 Å². The van der Waals surface area contributed by atoms with Gasteiger partial charge >= 0.3 is 0 Å². The summed E-state index contributed by atoms with van der Waals surface area (Å²) in [6.07, 6.45) is 4.69. The molecule has 90 valence electrons. The molecule has 1 aromatic carbocycles. The number of nitrogens with one attached hydrogen (secondary N) is 1. The molecule has 3 rings (SSSR count). The van der Waals surface area contributed by atoms with Crippen molar-refractivity contribution in [2.24, 2.45) is 5.10 Å². The monoisotopic (exact) mass is 231 g/mol. The van der Waals surface area contributed by atoms with E-state index in [0.29, 0.717) is 6.04 Å². The molecule has 1 heterocycles. The number of hydrazine groups is 1. The largest absolute Gasteiger partial charge is 0.506 e. The number of phenols is 1. The van der Waals surface area contributed by atoms with Crippen LogP contribution in [0.15, 0.2) is 23.3 Å². The minimum atomic E-state index is 0.270. The number of benzene rings is 1. The highest BCUT2D eigenvalue weighted by molar-refractivity contribution is 5.93. The summed E-state index contributed by atoms with van der Waals surface area (Å²) in [5.74, 6) is 0.270. The van der Waals surface area contributed by atoms with Crippen molar-refractivity contribution in [2.45, 2.75) is 38.6 Å². The summed E-state index contributed by atoms with van der Waals surface area (Å²) in [7, 11) is 0. The van der Waals surface area contributed by atoms with Crippen molar-refractivity contribution >= 4 is 11.4 Å². The van der Waals surface area contributed by atoms with Crippen molar-refractivity contribution in [1.29, 1.82) is 0 Å². The third-order valence-corrected chi connectivity index (χ3v) is 3.44. The molecule has 1 atom stereocenters. The SMILES string of the molecule is Cc1ccc(O)c(N2N=C3CCCCC3N2)c1. The van der Waals surface area contributed by atoms with Crippen LogP contribution in [0.5, 0.6) is 5.75 Å². The molecule has 4 heteroatoms. The molecule has 17 heavy (non-hydrogen) atoms. The number of hydrogen-bond donors (Lipinski definition) is 2. The lowest BCUT2D eigenvalue weighted by atomic mass is 9.94. The van der Waals surface area contributed by atoms with Gasteiger partial charge in [0, 0.05) is 0 Å². The van der Waals surface area contributed by atoms with Crippen LogP contribution in [0.1, 0.15) is 31.2 Å². The van der Waals surface area contributed by atoms with Crippen molar-refractivity contribution in [3.05, 3.63) is 23.8 Å². The Balaban J connectivity index is 1.91. The summed E-state index contributed by atoms with van der Waals surface area (Å²) in [4.78, 5) is 0. The Bertz CT molecular complexity index is 470. The van der Waals surface area contributed by atoms with Gasteiger partial charge in [-0.3, -0.25) is 0 Å². The second kappa shape index (κ2) is 4.04. The van der Waals surface area contributed by atoms with E-state index in [1.165, 1.54) is 18.6 Å². The quantitative estimate of drug-likeness (QED) is 0.779. The van der Waals surface area contributed by atoms with Gasteiger partial charge in [0.2, 0.25) is 0 Å². The van der Waals surface area contributed by atoms with Gasteiger partial charge in [-0.05, 0) is 43.9 Å². The summed E-state index contributed by atoms with van der Waals surface area (Å²) < 4.78 is 0. The lowest BCUT2D eigenvalue weighted by Gasteiger charge is -2.20. The van der Waals surface area contributed by atoms with Crippen LogP contribution in [-0.4, -0.2) is 16.9 Å². The number of rotatable bonds is 1. The Morgan fingerprint density at radius 2 is 2.29 bits per heavy atom. The third-order valence-electron chi connectivity index (χ3n) is 3.44. The Morgan fingerprint density at radius 1 is 1.41 bits per heavy atom. The number of nitrogens with zero attached hydrogens (tertiary/aromatic N) is 2. The van der Waals surface area contributed by atoms with Gasteiger partial charge in [0.1, 0.15) is 11.4 Å². The fraction of sp³-hybridized carbons (Fsp3) is 0.462. The van der Waals surface area contributed by atoms with Crippen LogP contribution in [0.25, 0.3) is 0 Å². The first-order chi connectivity index (χ1) is 8.24. The molecule has 0 aromatic heterocycles. The topological polar surface area (TPSA) is 47.9 Å². The maximum atomic E-state index is 9.88. The molecule has 1 unspecified atom stereocenters. The number of aromatic hydroxyl groups is 1. The molecule has 1 aliphatic heterocycles. The lowest BCUT2D eigenvalue weighted by Crippen LogP contribution is -2.39. The zero-order valence-electron chi connectivity index (χ0n) is 9.98. The van der Waals surface area contributed by atoms with E-state index in [-0.39, 0.29) is 5.75 Å². The molecule has 2 N–H and O–H groups in total. The van der Waals surface area contributed by atoms with E-state index in [4.69, 9.17) is 0 Å². The number of anilines is 1. The molecule has 4 nitrogen and oxygen atoms in total. The predicted molar refractivity (Wildman–Crippen MR) is 68.1 cm³/mol. The first kappa shape index (κ1) is 10.6. The van der Waals surface area contributed by atoms with Gasteiger partial charge in [-0.25, -0.2) is 5.43 Å². The molecule has 0 bridgehead atoms. The molecule has 0 saturated heterocycles. The van der Waals surface area contributed by atoms with E-state index in [1.807, 2.05) is 19.1 Å². The number of hydrazone groups is 1. The zero-order chi connectivity index (χ0) is 11.8. The van der Waals surface area contributed by atoms with Crippen LogP contribution in [-0.2, 0) is 0 Å². The van der Waals surface area contributed by atoms with Gasteiger partial charge in [-0.1, -0.05) is 12.5 Å². The summed E-state index contributed by atoms with van der Waals surface area (Å²) in [6, 6.07) is 5.93. The Kier molecular flexibility index (Phi) is 2.52. The van der Waals surface area contributed by atoms with Gasteiger partial charge in [-0.2, -0.15) is 10.2 Å². The molecular weight excluding hydrogens is 214 g/mol. The highest BCUT2D eigenvalue weighted by Gasteiger charge is 2.29. The van der Waals surface area contributed by atoms with Crippen molar-refractivity contribution < 1.29 is 5.11 Å². The van der Waals surface area contributed by atoms with E-state index < -0.39 is 0 Å². The van der Waals surface area contributed by atoms with Crippen LogP contribution in [0.2, 0.25) is 0 Å². The first-order valence-electron chi connectivity index (χ1n) is 6.17. The second-order valence-electron chi connectivity index (χ2n) is 4.82. The smallest absolute Gasteiger partial charge is 0.142 e. The number of aryl methyl sites for hydroxylation is 1. The fourth-order valence-corrected chi connectivity index (χ4v) is 2.49. The minimum absolute atomic E-state index is 0.270. The van der Waals surface area contributed by atoms with Gasteiger partial charge in [-0.15, -0.1) is 0 Å². The van der Waals surface area contributed by atoms with Gasteiger partial charge in [0.15, 0.2) is 0 Å². The molecule has 0 radical (unpaired) electrons. The Hall–Kier alpha value is -1.55. The fourth-order valence-electron chi connectivity index (χ4n) is 2.49. The Morgan fingerprint density at radius 3 is 3.12 bits per heavy atom. The summed E-state index contributed by atoms with van der Waals surface area (Å²) >= 11 is 0. The third kappa shape index (κ3) is 1.89. The highest BCUT2D eigenvalue weighted by atomic mass is 16.3. The van der Waals surface area contributed by atoms with E-state index >= 15 is 0 Å². The van der Waals surface area contributed by atoms with Crippen LogP contribution < -0.4 is 10.5 Å².